The van der Waals surface area contributed by atoms with Crippen molar-refractivity contribution in [2.24, 2.45) is 5.41 Å². The number of rotatable bonds is 5. The SMILES string of the molecule is COC(=O)[C@]1(C)C[C@@H](N/C(=C(\C=N)C(=O)O)C(F)(F)F)C1. The summed E-state index contributed by atoms with van der Waals surface area (Å²) in [6.45, 7) is 1.56. The predicted molar refractivity (Wildman–Crippen MR) is 65.8 cm³/mol. The van der Waals surface area contributed by atoms with E-state index in [0.717, 1.165) is 0 Å². The maximum Gasteiger partial charge on any atom is 0.431 e. The standard InChI is InChI=1S/C12H15F3N2O4/c1-11(10(20)21-2)3-6(4-11)17-8(12(13,14)15)7(5-16)9(18)19/h5-6,16-17H,3-4H2,1-2H3,(H,18,19)/b8-7+,16-5?/t6-,11-. The van der Waals surface area contributed by atoms with Crippen molar-refractivity contribution in [2.45, 2.75) is 32.0 Å². The normalized spacial score (nSPS) is 26.2. The third kappa shape index (κ3) is 3.53. The molecular formula is C12H15F3N2O4. The Labute approximate surface area is 118 Å². The van der Waals surface area contributed by atoms with Crippen LogP contribution >= 0.6 is 0 Å². The molecule has 1 fully saturated rings. The van der Waals surface area contributed by atoms with Crippen molar-refractivity contribution in [1.82, 2.24) is 5.32 Å². The smallest absolute Gasteiger partial charge is 0.431 e. The molecule has 1 saturated carbocycles. The van der Waals surface area contributed by atoms with Crippen LogP contribution in [-0.2, 0) is 14.3 Å². The van der Waals surface area contributed by atoms with Gasteiger partial charge in [-0.2, -0.15) is 13.2 Å². The van der Waals surface area contributed by atoms with Gasteiger partial charge < -0.3 is 20.6 Å². The fraction of sp³-hybridized carbons (Fsp3) is 0.583. The second-order valence-electron chi connectivity index (χ2n) is 5.04. The number of halogens is 3. The zero-order valence-corrected chi connectivity index (χ0v) is 11.4. The molecule has 0 aromatic heterocycles. The zero-order valence-electron chi connectivity index (χ0n) is 11.4. The third-order valence-corrected chi connectivity index (χ3v) is 3.35. The third-order valence-electron chi connectivity index (χ3n) is 3.35. The van der Waals surface area contributed by atoms with Crippen LogP contribution in [-0.4, -0.2) is 42.6 Å². The van der Waals surface area contributed by atoms with E-state index < -0.39 is 40.8 Å². The topological polar surface area (TPSA) is 99.5 Å². The summed E-state index contributed by atoms with van der Waals surface area (Å²) in [6, 6.07) is -0.708. The lowest BCUT2D eigenvalue weighted by molar-refractivity contribution is -0.158. The predicted octanol–water partition coefficient (Wildman–Crippen LogP) is 1.47. The van der Waals surface area contributed by atoms with Gasteiger partial charge in [-0.15, -0.1) is 0 Å². The number of ether oxygens (including phenoxy) is 1. The van der Waals surface area contributed by atoms with Crippen LogP contribution in [0.5, 0.6) is 0 Å². The maximum absolute atomic E-state index is 12.9. The van der Waals surface area contributed by atoms with Gasteiger partial charge in [0.2, 0.25) is 0 Å². The van der Waals surface area contributed by atoms with Crippen LogP contribution in [0.3, 0.4) is 0 Å². The summed E-state index contributed by atoms with van der Waals surface area (Å²) >= 11 is 0. The molecule has 1 rings (SSSR count). The van der Waals surface area contributed by atoms with Gasteiger partial charge in [-0.05, 0) is 19.8 Å². The molecule has 0 aromatic rings. The average Bonchev–Trinajstić information content (AvgIpc) is 2.33. The van der Waals surface area contributed by atoms with E-state index in [-0.39, 0.29) is 19.1 Å². The largest absolute Gasteiger partial charge is 0.478 e. The number of esters is 1. The Bertz CT molecular complexity index is 493. The van der Waals surface area contributed by atoms with E-state index in [1.807, 2.05) is 0 Å². The van der Waals surface area contributed by atoms with Crippen molar-refractivity contribution in [3.8, 4) is 0 Å². The zero-order chi connectivity index (χ0) is 16.4. The molecule has 0 bridgehead atoms. The van der Waals surface area contributed by atoms with Gasteiger partial charge in [0.15, 0.2) is 0 Å². The summed E-state index contributed by atoms with van der Waals surface area (Å²) in [5.74, 6) is -2.37. The number of nitrogens with one attached hydrogen (secondary N) is 2. The maximum atomic E-state index is 12.9. The Morgan fingerprint density at radius 1 is 1.43 bits per heavy atom. The number of methoxy groups -OCH3 is 1. The number of aliphatic carboxylic acids is 1. The first-order valence-electron chi connectivity index (χ1n) is 5.95. The molecule has 118 valence electrons. The highest BCUT2D eigenvalue weighted by Gasteiger charge is 2.49. The molecule has 9 heteroatoms. The molecule has 0 atom stereocenters. The summed E-state index contributed by atoms with van der Waals surface area (Å²) in [5, 5.41) is 17.6. The van der Waals surface area contributed by atoms with E-state index in [1.54, 1.807) is 6.92 Å². The van der Waals surface area contributed by atoms with E-state index in [2.05, 4.69) is 10.1 Å². The van der Waals surface area contributed by atoms with Gasteiger partial charge >= 0.3 is 18.1 Å². The number of hydrogen-bond acceptors (Lipinski definition) is 5. The second kappa shape index (κ2) is 5.74. The van der Waals surface area contributed by atoms with Gasteiger partial charge in [-0.3, -0.25) is 4.79 Å². The first-order valence-corrected chi connectivity index (χ1v) is 5.95. The lowest BCUT2D eigenvalue weighted by Gasteiger charge is -2.43. The van der Waals surface area contributed by atoms with Crippen molar-refractivity contribution in [3.05, 3.63) is 11.3 Å². The van der Waals surface area contributed by atoms with Crippen LogP contribution in [0.25, 0.3) is 0 Å². The van der Waals surface area contributed by atoms with Gasteiger partial charge in [0.25, 0.3) is 0 Å². The lowest BCUT2D eigenvalue weighted by atomic mass is 9.67. The molecule has 0 aliphatic heterocycles. The molecule has 0 heterocycles. The van der Waals surface area contributed by atoms with E-state index in [9.17, 15) is 22.8 Å². The summed E-state index contributed by atoms with van der Waals surface area (Å²) in [5.41, 5.74) is -3.53. The van der Waals surface area contributed by atoms with Gasteiger partial charge in [0.1, 0.15) is 11.3 Å². The summed E-state index contributed by atoms with van der Waals surface area (Å²) in [7, 11) is 1.19. The van der Waals surface area contributed by atoms with Crippen molar-refractivity contribution in [3.63, 3.8) is 0 Å². The van der Waals surface area contributed by atoms with Crippen molar-refractivity contribution >= 4 is 18.2 Å². The minimum Gasteiger partial charge on any atom is -0.478 e. The second-order valence-corrected chi connectivity index (χ2v) is 5.04. The molecular weight excluding hydrogens is 293 g/mol. The van der Waals surface area contributed by atoms with Gasteiger partial charge in [0, 0.05) is 12.3 Å². The Balaban J connectivity index is 2.91. The molecule has 6 nitrogen and oxygen atoms in total. The first-order chi connectivity index (χ1) is 9.55. The van der Waals surface area contributed by atoms with E-state index in [0.29, 0.717) is 0 Å². The minimum atomic E-state index is -4.93. The highest BCUT2D eigenvalue weighted by Crippen LogP contribution is 2.43. The monoisotopic (exact) mass is 308 g/mol. The van der Waals surface area contributed by atoms with Crippen LogP contribution in [0.2, 0.25) is 0 Å². The van der Waals surface area contributed by atoms with Crippen LogP contribution < -0.4 is 5.32 Å². The Morgan fingerprint density at radius 2 is 1.95 bits per heavy atom. The van der Waals surface area contributed by atoms with Gasteiger partial charge in [-0.1, -0.05) is 0 Å². The quantitative estimate of drug-likeness (QED) is 0.406. The van der Waals surface area contributed by atoms with E-state index >= 15 is 0 Å². The molecule has 0 radical (unpaired) electrons. The number of carboxylic acids is 1. The summed E-state index contributed by atoms with van der Waals surface area (Å²) in [4.78, 5) is 22.2. The van der Waals surface area contributed by atoms with Crippen molar-refractivity contribution in [1.29, 1.82) is 5.41 Å². The summed E-state index contributed by atoms with van der Waals surface area (Å²) in [6.07, 6.45) is -4.62. The van der Waals surface area contributed by atoms with Crippen LogP contribution in [0.1, 0.15) is 19.8 Å². The Kier molecular flexibility index (Phi) is 4.65. The first kappa shape index (κ1) is 17.0. The Hall–Kier alpha value is -2.06. The number of carbonyl (C=O) groups is 2. The minimum absolute atomic E-state index is 0.0875. The van der Waals surface area contributed by atoms with Crippen molar-refractivity contribution in [2.75, 3.05) is 7.11 Å². The fourth-order valence-corrected chi connectivity index (χ4v) is 2.30. The fourth-order valence-electron chi connectivity index (χ4n) is 2.30. The molecule has 0 amide bonds. The molecule has 1 aliphatic rings. The van der Waals surface area contributed by atoms with Gasteiger partial charge in [-0.25, -0.2) is 4.79 Å². The molecule has 3 N–H and O–H groups in total. The molecule has 1 aliphatic carbocycles. The number of alkyl halides is 3. The Morgan fingerprint density at radius 3 is 2.29 bits per heavy atom. The lowest BCUT2D eigenvalue weighted by Crippen LogP contribution is -2.53. The number of allylic oxidation sites excluding steroid dienone is 1. The molecule has 0 saturated heterocycles. The molecule has 0 unspecified atom stereocenters. The van der Waals surface area contributed by atoms with Crippen LogP contribution in [0.4, 0.5) is 13.2 Å². The molecule has 0 spiro atoms. The van der Waals surface area contributed by atoms with Crippen LogP contribution in [0, 0.1) is 10.8 Å². The average molecular weight is 308 g/mol. The molecule has 0 aromatic carbocycles. The highest BCUT2D eigenvalue weighted by molar-refractivity contribution is 6.08. The van der Waals surface area contributed by atoms with E-state index in [1.165, 1.54) is 7.11 Å². The highest BCUT2D eigenvalue weighted by atomic mass is 19.4. The summed E-state index contributed by atoms with van der Waals surface area (Å²) < 4.78 is 43.2. The molecule has 21 heavy (non-hydrogen) atoms. The van der Waals surface area contributed by atoms with Crippen LogP contribution in [0.15, 0.2) is 11.3 Å². The number of carbonyl (C=O) groups excluding carboxylic acids is 1. The number of carboxylic acid groups (broad SMARTS) is 1. The van der Waals surface area contributed by atoms with Crippen molar-refractivity contribution < 1.29 is 32.6 Å². The van der Waals surface area contributed by atoms with E-state index in [4.69, 9.17) is 10.5 Å². The van der Waals surface area contributed by atoms with Gasteiger partial charge in [0.05, 0.1) is 12.5 Å². The number of hydrogen-bond donors (Lipinski definition) is 3.